The van der Waals surface area contributed by atoms with Crippen LogP contribution in [0.25, 0.3) is 16.3 Å². The second-order valence-electron chi connectivity index (χ2n) is 6.69. The SMILES string of the molecule is C=C(CC=CC1=CCc2ccccc21)Cc1cccc2ccccc12. The predicted octanol–water partition coefficient (Wildman–Crippen LogP) is 6.52. The highest BCUT2D eigenvalue weighted by molar-refractivity contribution is 5.86. The molecule has 0 saturated carbocycles. The van der Waals surface area contributed by atoms with E-state index in [-0.39, 0.29) is 0 Å². The summed E-state index contributed by atoms with van der Waals surface area (Å²) in [6, 6.07) is 23.8. The summed E-state index contributed by atoms with van der Waals surface area (Å²) in [5.74, 6) is 0. The molecule has 25 heavy (non-hydrogen) atoms. The van der Waals surface area contributed by atoms with E-state index in [9.17, 15) is 0 Å². The van der Waals surface area contributed by atoms with Crippen LogP contribution in [0.3, 0.4) is 0 Å². The van der Waals surface area contributed by atoms with Crippen molar-refractivity contribution in [2.75, 3.05) is 0 Å². The molecule has 0 aliphatic heterocycles. The molecule has 0 nitrogen and oxygen atoms in total. The molecular formula is C25H22. The first-order chi connectivity index (χ1) is 12.3. The Morgan fingerprint density at radius 2 is 1.72 bits per heavy atom. The Kier molecular flexibility index (Phi) is 4.35. The number of allylic oxidation sites excluding steroid dienone is 5. The van der Waals surface area contributed by atoms with Gasteiger partial charge in [-0.05, 0) is 52.3 Å². The Morgan fingerprint density at radius 3 is 2.68 bits per heavy atom. The molecule has 3 aromatic rings. The molecule has 0 amide bonds. The summed E-state index contributed by atoms with van der Waals surface area (Å²) in [7, 11) is 0. The molecule has 122 valence electrons. The molecule has 4 rings (SSSR count). The van der Waals surface area contributed by atoms with Crippen LogP contribution in [-0.2, 0) is 12.8 Å². The van der Waals surface area contributed by atoms with Crippen molar-refractivity contribution in [1.29, 1.82) is 0 Å². The first-order valence-electron chi connectivity index (χ1n) is 8.89. The fraction of sp³-hybridized carbons (Fsp3) is 0.120. The largest absolute Gasteiger partial charge is 0.0992 e. The molecule has 0 bridgehead atoms. The molecule has 0 fully saturated rings. The average Bonchev–Trinajstić information content (AvgIpc) is 3.05. The quantitative estimate of drug-likeness (QED) is 0.469. The molecule has 0 aromatic heterocycles. The van der Waals surface area contributed by atoms with E-state index in [1.165, 1.54) is 38.6 Å². The highest BCUT2D eigenvalue weighted by Gasteiger charge is 2.10. The predicted molar refractivity (Wildman–Crippen MR) is 109 cm³/mol. The van der Waals surface area contributed by atoms with Gasteiger partial charge in [0.05, 0.1) is 0 Å². The molecule has 0 unspecified atom stereocenters. The van der Waals surface area contributed by atoms with E-state index in [2.05, 4.69) is 91.5 Å². The number of fused-ring (bicyclic) bond motifs is 2. The molecular weight excluding hydrogens is 300 g/mol. The van der Waals surface area contributed by atoms with Crippen LogP contribution in [0, 0.1) is 0 Å². The minimum absolute atomic E-state index is 0.919. The van der Waals surface area contributed by atoms with Crippen LogP contribution in [0.5, 0.6) is 0 Å². The Bertz CT molecular complexity index is 980. The van der Waals surface area contributed by atoms with Crippen molar-refractivity contribution in [3.63, 3.8) is 0 Å². The number of hydrogen-bond donors (Lipinski definition) is 0. The monoisotopic (exact) mass is 322 g/mol. The number of rotatable bonds is 5. The van der Waals surface area contributed by atoms with E-state index in [0.717, 1.165) is 19.3 Å². The van der Waals surface area contributed by atoms with Crippen molar-refractivity contribution in [3.8, 4) is 0 Å². The van der Waals surface area contributed by atoms with Gasteiger partial charge in [-0.3, -0.25) is 0 Å². The molecule has 0 heteroatoms. The topological polar surface area (TPSA) is 0 Å². The van der Waals surface area contributed by atoms with Crippen LogP contribution in [0.1, 0.15) is 23.1 Å². The molecule has 0 spiro atoms. The third kappa shape index (κ3) is 3.34. The van der Waals surface area contributed by atoms with E-state index < -0.39 is 0 Å². The van der Waals surface area contributed by atoms with Crippen molar-refractivity contribution >= 4 is 16.3 Å². The zero-order valence-corrected chi connectivity index (χ0v) is 14.4. The van der Waals surface area contributed by atoms with Gasteiger partial charge in [-0.2, -0.15) is 0 Å². The summed E-state index contributed by atoms with van der Waals surface area (Å²) in [6.45, 7) is 4.29. The summed E-state index contributed by atoms with van der Waals surface area (Å²) >= 11 is 0. The lowest BCUT2D eigenvalue weighted by Crippen LogP contribution is -1.90. The second-order valence-corrected chi connectivity index (χ2v) is 6.69. The van der Waals surface area contributed by atoms with Crippen molar-refractivity contribution in [2.24, 2.45) is 0 Å². The van der Waals surface area contributed by atoms with Gasteiger partial charge in [-0.15, -0.1) is 0 Å². The van der Waals surface area contributed by atoms with Gasteiger partial charge in [0.2, 0.25) is 0 Å². The highest BCUT2D eigenvalue weighted by atomic mass is 14.1. The zero-order chi connectivity index (χ0) is 17.1. The lowest BCUT2D eigenvalue weighted by atomic mass is 9.97. The van der Waals surface area contributed by atoms with Crippen LogP contribution < -0.4 is 0 Å². The second kappa shape index (κ2) is 6.94. The van der Waals surface area contributed by atoms with Gasteiger partial charge in [0.1, 0.15) is 0 Å². The van der Waals surface area contributed by atoms with E-state index in [4.69, 9.17) is 0 Å². The van der Waals surface area contributed by atoms with Gasteiger partial charge in [-0.1, -0.05) is 97.1 Å². The third-order valence-corrected chi connectivity index (χ3v) is 4.89. The fourth-order valence-electron chi connectivity index (χ4n) is 3.61. The van der Waals surface area contributed by atoms with Crippen LogP contribution in [0.2, 0.25) is 0 Å². The molecule has 0 radical (unpaired) electrons. The maximum absolute atomic E-state index is 4.29. The molecule has 1 aliphatic rings. The molecule has 0 saturated heterocycles. The van der Waals surface area contributed by atoms with Crippen LogP contribution in [0.15, 0.2) is 97.1 Å². The molecule has 1 aliphatic carbocycles. The first-order valence-corrected chi connectivity index (χ1v) is 8.89. The smallest absolute Gasteiger partial charge is 0.00605 e. The zero-order valence-electron chi connectivity index (χ0n) is 14.4. The van der Waals surface area contributed by atoms with Crippen LogP contribution in [0.4, 0.5) is 0 Å². The van der Waals surface area contributed by atoms with Gasteiger partial charge in [0, 0.05) is 0 Å². The summed E-state index contributed by atoms with van der Waals surface area (Å²) in [6.07, 6.45) is 9.72. The lowest BCUT2D eigenvalue weighted by Gasteiger charge is -2.08. The maximum Gasteiger partial charge on any atom is -0.00605 e. The summed E-state index contributed by atoms with van der Waals surface area (Å²) in [4.78, 5) is 0. The van der Waals surface area contributed by atoms with Crippen molar-refractivity contribution < 1.29 is 0 Å². The van der Waals surface area contributed by atoms with Crippen LogP contribution >= 0.6 is 0 Å². The van der Waals surface area contributed by atoms with Crippen LogP contribution in [-0.4, -0.2) is 0 Å². The fourth-order valence-corrected chi connectivity index (χ4v) is 3.61. The minimum Gasteiger partial charge on any atom is -0.0992 e. The van der Waals surface area contributed by atoms with Crippen molar-refractivity contribution in [3.05, 3.63) is 114 Å². The molecule has 0 N–H and O–H groups in total. The first kappa shape index (κ1) is 15.7. The normalized spacial score (nSPS) is 13.2. The molecule has 0 heterocycles. The van der Waals surface area contributed by atoms with E-state index in [1.54, 1.807) is 0 Å². The summed E-state index contributed by atoms with van der Waals surface area (Å²) in [5, 5.41) is 2.64. The van der Waals surface area contributed by atoms with Gasteiger partial charge in [0.25, 0.3) is 0 Å². The van der Waals surface area contributed by atoms with Gasteiger partial charge < -0.3 is 0 Å². The van der Waals surface area contributed by atoms with E-state index in [0.29, 0.717) is 0 Å². The Labute approximate surface area is 149 Å². The average molecular weight is 322 g/mol. The van der Waals surface area contributed by atoms with Gasteiger partial charge in [-0.25, -0.2) is 0 Å². The number of benzene rings is 3. The lowest BCUT2D eigenvalue weighted by molar-refractivity contribution is 1.09. The van der Waals surface area contributed by atoms with E-state index >= 15 is 0 Å². The summed E-state index contributed by atoms with van der Waals surface area (Å²) < 4.78 is 0. The Morgan fingerprint density at radius 1 is 0.920 bits per heavy atom. The highest BCUT2D eigenvalue weighted by Crippen LogP contribution is 2.28. The molecule has 0 atom stereocenters. The minimum atomic E-state index is 0.919. The van der Waals surface area contributed by atoms with Gasteiger partial charge in [0.15, 0.2) is 0 Å². The molecule has 3 aromatic carbocycles. The summed E-state index contributed by atoms with van der Waals surface area (Å²) in [5.41, 5.74) is 6.75. The van der Waals surface area contributed by atoms with Gasteiger partial charge >= 0.3 is 0 Å². The maximum atomic E-state index is 4.29. The van der Waals surface area contributed by atoms with Crippen molar-refractivity contribution in [2.45, 2.75) is 19.3 Å². The van der Waals surface area contributed by atoms with E-state index in [1.807, 2.05) is 0 Å². The number of hydrogen-bond acceptors (Lipinski definition) is 0. The Balaban J connectivity index is 1.43. The standard InChI is InChI=1S/C25H22/c1-19(18-23-13-7-12-20-9-2-5-15-25(20)23)8-6-11-22-17-16-21-10-3-4-14-24(21)22/h2-7,9-15,17H,1,8,16,18H2. The van der Waals surface area contributed by atoms with Crippen molar-refractivity contribution in [1.82, 2.24) is 0 Å². The Hall–Kier alpha value is -2.86. The third-order valence-electron chi connectivity index (χ3n) is 4.89.